The van der Waals surface area contributed by atoms with Crippen LogP contribution in [0.15, 0.2) is 0 Å². The summed E-state index contributed by atoms with van der Waals surface area (Å²) in [6.45, 7) is 0. The summed E-state index contributed by atoms with van der Waals surface area (Å²) in [5.41, 5.74) is 0. The summed E-state index contributed by atoms with van der Waals surface area (Å²) in [5, 5.41) is 0. The fraction of sp³-hybridized carbons (Fsp3) is 0. The Morgan fingerprint density at radius 3 is 1.58 bits per heavy atom. The molecule has 0 spiro atoms. The molecule has 12 heavy (non-hydrogen) atoms. The Morgan fingerprint density at radius 2 is 1.33 bits per heavy atom. The maximum absolute atomic E-state index is 10.3. The van der Waals surface area contributed by atoms with E-state index >= 15 is 0 Å². The lowest BCUT2D eigenvalue weighted by molar-refractivity contribution is -0.144. The zero-order valence-corrected chi connectivity index (χ0v) is 6.35. The Labute approximate surface area is 66.6 Å². The van der Waals surface area contributed by atoms with Crippen LogP contribution in [0.5, 0.6) is 0 Å². The standard InChI is InChI=1S/C4H2O7P/c5-1-3(7)10-12(9)11-4(8)2-6/h1-2H/q+1. The number of hydrogen-bond acceptors (Lipinski definition) is 7. The summed E-state index contributed by atoms with van der Waals surface area (Å²) in [6.07, 6.45) is -0.524. The van der Waals surface area contributed by atoms with Crippen molar-refractivity contribution in [2.45, 2.75) is 0 Å². The molecule has 8 heteroatoms. The number of rotatable bonds is 4. The van der Waals surface area contributed by atoms with Gasteiger partial charge in [-0.3, -0.25) is 9.59 Å². The minimum atomic E-state index is -3.08. The van der Waals surface area contributed by atoms with Gasteiger partial charge in [-0.2, -0.15) is 9.05 Å². The molecule has 0 unspecified atom stereocenters. The smallest absolute Gasteiger partial charge is 0.290 e. The number of carbonyl (C=O) groups excluding carboxylic acids is 4. The molecular weight excluding hydrogens is 191 g/mol. The van der Waals surface area contributed by atoms with E-state index in [0.717, 1.165) is 0 Å². The Kier molecular flexibility index (Phi) is 4.40. The van der Waals surface area contributed by atoms with E-state index in [-0.39, 0.29) is 12.6 Å². The highest BCUT2D eigenvalue weighted by Crippen LogP contribution is 2.22. The first kappa shape index (κ1) is 10.4. The Hall–Kier alpha value is -1.62. The van der Waals surface area contributed by atoms with E-state index in [4.69, 9.17) is 0 Å². The van der Waals surface area contributed by atoms with Gasteiger partial charge in [0.1, 0.15) is 0 Å². The minimum absolute atomic E-state index is 0.262. The van der Waals surface area contributed by atoms with Crippen LogP contribution in [0.1, 0.15) is 0 Å². The van der Waals surface area contributed by atoms with Crippen molar-refractivity contribution in [1.82, 2.24) is 0 Å². The van der Waals surface area contributed by atoms with E-state index in [1.54, 1.807) is 0 Å². The third-order valence-electron chi connectivity index (χ3n) is 0.521. The zero-order chi connectivity index (χ0) is 9.56. The monoisotopic (exact) mass is 193 g/mol. The molecule has 7 nitrogen and oxygen atoms in total. The predicted molar refractivity (Wildman–Crippen MR) is 31.9 cm³/mol. The molecule has 0 aliphatic carbocycles. The second-order valence-electron chi connectivity index (χ2n) is 1.28. The molecule has 64 valence electrons. The highest BCUT2D eigenvalue weighted by molar-refractivity contribution is 7.35. The molecular formula is C4H2O7P+. The van der Waals surface area contributed by atoms with E-state index in [0.29, 0.717) is 0 Å². The second kappa shape index (κ2) is 5.09. The Bertz CT molecular complexity index is 220. The maximum Gasteiger partial charge on any atom is 0.812 e. The molecule has 0 rings (SSSR count). The van der Waals surface area contributed by atoms with E-state index in [9.17, 15) is 23.7 Å². The largest absolute Gasteiger partial charge is 0.812 e. The van der Waals surface area contributed by atoms with Crippen molar-refractivity contribution in [3.63, 3.8) is 0 Å². The van der Waals surface area contributed by atoms with Crippen LogP contribution in [-0.4, -0.2) is 24.5 Å². The normalized spacial score (nSPS) is 8.00. The summed E-state index contributed by atoms with van der Waals surface area (Å²) in [5.74, 6) is -2.90. The topological polar surface area (TPSA) is 104 Å². The molecule has 0 bridgehead atoms. The molecule has 0 saturated heterocycles. The third kappa shape index (κ3) is 4.24. The molecule has 0 aromatic heterocycles. The van der Waals surface area contributed by atoms with Gasteiger partial charge in [0, 0.05) is 4.57 Å². The van der Waals surface area contributed by atoms with Crippen LogP contribution in [0.25, 0.3) is 0 Å². The first-order valence-electron chi connectivity index (χ1n) is 2.41. The Balaban J connectivity index is 3.89. The van der Waals surface area contributed by atoms with Crippen molar-refractivity contribution in [1.29, 1.82) is 0 Å². The van der Waals surface area contributed by atoms with E-state index < -0.39 is 20.2 Å². The number of hydrogen-bond donors (Lipinski definition) is 0. The van der Waals surface area contributed by atoms with E-state index in [1.165, 1.54) is 0 Å². The second-order valence-corrected chi connectivity index (χ2v) is 2.09. The summed E-state index contributed by atoms with van der Waals surface area (Å²) >= 11 is 0. The van der Waals surface area contributed by atoms with Gasteiger partial charge in [0.05, 0.1) is 0 Å². The van der Waals surface area contributed by atoms with Gasteiger partial charge in [-0.25, -0.2) is 9.59 Å². The summed E-state index contributed by atoms with van der Waals surface area (Å²) in [7, 11) is -3.08. The van der Waals surface area contributed by atoms with Crippen LogP contribution in [0.4, 0.5) is 0 Å². The summed E-state index contributed by atoms with van der Waals surface area (Å²) < 4.78 is 17.7. The van der Waals surface area contributed by atoms with Gasteiger partial charge in [-0.15, -0.1) is 0 Å². The van der Waals surface area contributed by atoms with Gasteiger partial charge in [-0.05, 0) is 0 Å². The van der Waals surface area contributed by atoms with Crippen molar-refractivity contribution < 1.29 is 32.8 Å². The summed E-state index contributed by atoms with van der Waals surface area (Å²) in [4.78, 5) is 39.2. The molecule has 0 heterocycles. The molecule has 0 amide bonds. The molecule has 0 aliphatic heterocycles. The zero-order valence-electron chi connectivity index (χ0n) is 5.46. The van der Waals surface area contributed by atoms with Gasteiger partial charge in [0.2, 0.25) is 12.6 Å². The molecule has 0 N–H and O–H groups in total. The molecule has 0 fully saturated rings. The molecule has 0 aromatic carbocycles. The predicted octanol–water partition coefficient (Wildman–Crippen LogP) is -0.872. The average molecular weight is 193 g/mol. The average Bonchev–Trinajstić information content (AvgIpc) is 2.03. The van der Waals surface area contributed by atoms with Crippen LogP contribution in [-0.2, 0) is 32.8 Å². The van der Waals surface area contributed by atoms with Crippen molar-refractivity contribution in [3.05, 3.63) is 0 Å². The van der Waals surface area contributed by atoms with Crippen molar-refractivity contribution >= 4 is 32.8 Å². The van der Waals surface area contributed by atoms with Crippen molar-refractivity contribution in [2.75, 3.05) is 0 Å². The SMILES string of the molecule is O=CC(=O)O[P+](=O)OC(=O)C=O. The lowest BCUT2D eigenvalue weighted by Crippen LogP contribution is -2.04. The van der Waals surface area contributed by atoms with Crippen LogP contribution < -0.4 is 0 Å². The third-order valence-corrected chi connectivity index (χ3v) is 1.18. The van der Waals surface area contributed by atoms with Crippen LogP contribution >= 0.6 is 8.25 Å². The molecule has 0 atom stereocenters. The quantitative estimate of drug-likeness (QED) is 0.324. The molecule has 0 aromatic rings. The van der Waals surface area contributed by atoms with Gasteiger partial charge in [0.15, 0.2) is 0 Å². The first-order chi connectivity index (χ1) is 5.60. The lowest BCUT2D eigenvalue weighted by atomic mass is 10.8. The van der Waals surface area contributed by atoms with Crippen molar-refractivity contribution in [2.24, 2.45) is 0 Å². The maximum atomic E-state index is 10.3. The number of carbonyl (C=O) groups is 4. The molecule has 0 radical (unpaired) electrons. The van der Waals surface area contributed by atoms with E-state index in [2.05, 4.69) is 9.05 Å². The first-order valence-corrected chi connectivity index (χ1v) is 3.51. The molecule has 0 saturated carbocycles. The lowest BCUT2D eigenvalue weighted by Gasteiger charge is -1.79. The van der Waals surface area contributed by atoms with Crippen LogP contribution in [0.3, 0.4) is 0 Å². The van der Waals surface area contributed by atoms with E-state index in [1.807, 2.05) is 0 Å². The van der Waals surface area contributed by atoms with Gasteiger partial charge in [-0.1, -0.05) is 0 Å². The van der Waals surface area contributed by atoms with Gasteiger partial charge < -0.3 is 0 Å². The molecule has 0 aliphatic rings. The Morgan fingerprint density at radius 1 is 1.00 bits per heavy atom. The van der Waals surface area contributed by atoms with Crippen LogP contribution in [0, 0.1) is 0 Å². The fourth-order valence-corrected chi connectivity index (χ4v) is 0.626. The highest BCUT2D eigenvalue weighted by atomic mass is 31.1. The highest BCUT2D eigenvalue weighted by Gasteiger charge is 2.30. The van der Waals surface area contributed by atoms with Gasteiger partial charge >= 0.3 is 20.2 Å². The van der Waals surface area contributed by atoms with Crippen LogP contribution in [0.2, 0.25) is 0 Å². The number of aldehydes is 2. The summed E-state index contributed by atoms with van der Waals surface area (Å²) in [6, 6.07) is 0. The fourth-order valence-electron chi connectivity index (χ4n) is 0.209. The van der Waals surface area contributed by atoms with Gasteiger partial charge in [0.25, 0.3) is 0 Å². The minimum Gasteiger partial charge on any atom is -0.290 e. The van der Waals surface area contributed by atoms with Crippen molar-refractivity contribution in [3.8, 4) is 0 Å².